The molecule has 0 saturated carbocycles. The lowest BCUT2D eigenvalue weighted by Crippen LogP contribution is -2.12. The summed E-state index contributed by atoms with van der Waals surface area (Å²) in [6, 6.07) is 11.5. The maximum atomic E-state index is 12.2. The van der Waals surface area contributed by atoms with Gasteiger partial charge in [-0.05, 0) is 42.5 Å². The third-order valence-corrected chi connectivity index (χ3v) is 4.21. The summed E-state index contributed by atoms with van der Waals surface area (Å²) in [5.41, 5.74) is 0.740. The maximum Gasteiger partial charge on any atom is 0.369 e. The molecule has 14 nitrogen and oxygen atoms in total. The smallest absolute Gasteiger partial charge is 0.369 e. The second-order valence-electron chi connectivity index (χ2n) is 6.46. The van der Waals surface area contributed by atoms with Gasteiger partial charge in [-0.25, -0.2) is 10.3 Å². The molecule has 0 aromatic heterocycles. The second-order valence-corrected chi connectivity index (χ2v) is 6.46. The van der Waals surface area contributed by atoms with Gasteiger partial charge in [-0.1, -0.05) is 0 Å². The Hall–Kier alpha value is -5.40. The molecule has 0 fully saturated rings. The molecular weight excluding hydrogens is 454 g/mol. The van der Waals surface area contributed by atoms with Crippen LogP contribution in [0.3, 0.4) is 0 Å². The van der Waals surface area contributed by atoms with E-state index in [1.165, 1.54) is 36.4 Å². The molecule has 3 rings (SSSR count). The van der Waals surface area contributed by atoms with E-state index in [1.54, 1.807) is 0 Å². The van der Waals surface area contributed by atoms with Gasteiger partial charge in [0.2, 0.25) is 0 Å². The van der Waals surface area contributed by atoms with Crippen molar-refractivity contribution < 1.29 is 34.5 Å². The van der Waals surface area contributed by atoms with Gasteiger partial charge in [0.25, 0.3) is 17.3 Å². The molecule has 0 bridgehead atoms. The third kappa shape index (κ3) is 5.44. The summed E-state index contributed by atoms with van der Waals surface area (Å²) in [4.78, 5) is 49.1. The van der Waals surface area contributed by atoms with Crippen LogP contribution in [0.2, 0.25) is 0 Å². The molecule has 1 amide bonds. The van der Waals surface area contributed by atoms with Crippen LogP contribution in [0.4, 0.5) is 22.7 Å². The number of carbonyl (C=O) groups excluding carboxylic acids is 2. The molecule has 172 valence electrons. The molecule has 3 aromatic carbocycles. The van der Waals surface area contributed by atoms with Crippen molar-refractivity contribution >= 4 is 34.6 Å². The third-order valence-electron chi connectivity index (χ3n) is 4.21. The highest BCUT2D eigenvalue weighted by molar-refractivity contribution is 5.97. The zero-order chi connectivity index (χ0) is 24.8. The average Bonchev–Trinajstić information content (AvgIpc) is 2.81. The van der Waals surface area contributed by atoms with Crippen molar-refractivity contribution in [3.8, 4) is 11.5 Å². The number of phenols is 2. The normalized spacial score (nSPS) is 10.6. The molecule has 0 heterocycles. The van der Waals surface area contributed by atoms with Crippen molar-refractivity contribution in [1.29, 1.82) is 0 Å². The van der Waals surface area contributed by atoms with Gasteiger partial charge in [-0.15, -0.1) is 10.2 Å². The number of carbonyl (C=O) groups is 2. The van der Waals surface area contributed by atoms with Gasteiger partial charge in [-0.2, -0.15) is 0 Å². The Morgan fingerprint density at radius 2 is 1.56 bits per heavy atom. The van der Waals surface area contributed by atoms with Gasteiger partial charge in [0.05, 0.1) is 32.9 Å². The molecule has 3 aromatic rings. The first-order valence-electron chi connectivity index (χ1n) is 9.14. The topological polar surface area (TPSA) is 207 Å². The van der Waals surface area contributed by atoms with Crippen molar-refractivity contribution in [3.05, 3.63) is 92.0 Å². The first-order chi connectivity index (χ1) is 16.2. The Kier molecular flexibility index (Phi) is 6.72. The maximum absolute atomic E-state index is 12.2. The zero-order valence-electron chi connectivity index (χ0n) is 16.8. The molecule has 14 heteroatoms. The van der Waals surface area contributed by atoms with Crippen LogP contribution in [0, 0.1) is 20.2 Å². The summed E-state index contributed by atoms with van der Waals surface area (Å²) in [5.74, 6) is -2.68. The van der Waals surface area contributed by atoms with Gasteiger partial charge in [0, 0.05) is 12.1 Å². The summed E-state index contributed by atoms with van der Waals surface area (Å²) in [6.07, 6.45) is 0. The number of amides is 1. The minimum Gasteiger partial charge on any atom is -0.508 e. The van der Waals surface area contributed by atoms with Crippen LogP contribution in [0.15, 0.2) is 70.9 Å². The lowest BCUT2D eigenvalue weighted by atomic mass is 10.1. The number of hydrogen-bond donors (Lipinski definition) is 3. The van der Waals surface area contributed by atoms with Gasteiger partial charge in [-0.3, -0.25) is 25.0 Å². The first-order valence-corrected chi connectivity index (χ1v) is 9.14. The Bertz CT molecular complexity index is 1320. The van der Waals surface area contributed by atoms with Crippen LogP contribution < -0.4 is 5.48 Å². The number of aromatic hydroxyl groups is 2. The van der Waals surface area contributed by atoms with Crippen molar-refractivity contribution in [2.24, 2.45) is 10.2 Å². The molecule has 0 atom stereocenters. The van der Waals surface area contributed by atoms with Crippen LogP contribution in [0.5, 0.6) is 11.5 Å². The summed E-state index contributed by atoms with van der Waals surface area (Å²) in [5, 5.41) is 48.0. The van der Waals surface area contributed by atoms with E-state index in [1.807, 2.05) is 0 Å². The summed E-state index contributed by atoms with van der Waals surface area (Å²) < 4.78 is 0. The fraction of sp³-hybridized carbons (Fsp3) is 0. The second kappa shape index (κ2) is 9.82. The highest BCUT2D eigenvalue weighted by Gasteiger charge is 2.25. The van der Waals surface area contributed by atoms with Gasteiger partial charge in [0.15, 0.2) is 0 Å². The predicted octanol–water partition coefficient (Wildman–Crippen LogP) is 4.02. The van der Waals surface area contributed by atoms with Crippen LogP contribution >= 0.6 is 0 Å². The lowest BCUT2D eigenvalue weighted by molar-refractivity contribution is -0.394. The molecule has 0 unspecified atom stereocenters. The molecule has 0 spiro atoms. The monoisotopic (exact) mass is 467 g/mol. The number of nitrogens with one attached hydrogen (secondary N) is 1. The number of phenolic OH excluding ortho intramolecular Hbond substituents is 2. The van der Waals surface area contributed by atoms with E-state index < -0.39 is 44.4 Å². The minimum absolute atomic E-state index is 0.160. The lowest BCUT2D eigenvalue weighted by Gasteiger charge is -2.07. The summed E-state index contributed by atoms with van der Waals surface area (Å²) in [6.45, 7) is 0. The predicted molar refractivity (Wildman–Crippen MR) is 114 cm³/mol. The molecule has 0 saturated heterocycles. The number of nitro benzene ring substituents is 2. The molecule has 0 aliphatic heterocycles. The summed E-state index contributed by atoms with van der Waals surface area (Å²) in [7, 11) is 0. The highest BCUT2D eigenvalue weighted by atomic mass is 16.7. The number of hydrogen-bond acceptors (Lipinski definition) is 11. The Morgan fingerprint density at radius 3 is 2.18 bits per heavy atom. The van der Waals surface area contributed by atoms with E-state index in [0.29, 0.717) is 6.07 Å². The first kappa shape index (κ1) is 23.3. The Balaban J connectivity index is 1.64. The zero-order valence-corrected chi connectivity index (χ0v) is 16.8. The fourth-order valence-corrected chi connectivity index (χ4v) is 2.57. The number of rotatable bonds is 7. The quantitative estimate of drug-likeness (QED) is 0.258. The van der Waals surface area contributed by atoms with Crippen molar-refractivity contribution in [3.63, 3.8) is 0 Å². The number of nitrogens with zero attached hydrogens (tertiary/aromatic N) is 4. The number of azo groups is 1. The van der Waals surface area contributed by atoms with E-state index in [9.17, 15) is 40.0 Å². The van der Waals surface area contributed by atoms with Gasteiger partial charge in [0.1, 0.15) is 17.1 Å². The molecule has 3 N–H and O–H groups in total. The number of nitro groups is 2. The summed E-state index contributed by atoms with van der Waals surface area (Å²) >= 11 is 0. The SMILES string of the molecule is O=C(N=Nc1ccc(NOC(=O)c2ccc([N+](=O)[O-])cc2[N+](=O)[O-])cc1)c1ccc(O)cc1O. The van der Waals surface area contributed by atoms with Crippen LogP contribution in [0.25, 0.3) is 0 Å². The average molecular weight is 467 g/mol. The van der Waals surface area contributed by atoms with E-state index in [0.717, 1.165) is 18.2 Å². The molecule has 0 radical (unpaired) electrons. The fourth-order valence-electron chi connectivity index (χ4n) is 2.57. The van der Waals surface area contributed by atoms with Crippen molar-refractivity contribution in [2.45, 2.75) is 0 Å². The van der Waals surface area contributed by atoms with E-state index in [2.05, 4.69) is 15.7 Å². The van der Waals surface area contributed by atoms with Crippen molar-refractivity contribution in [1.82, 2.24) is 0 Å². The highest BCUT2D eigenvalue weighted by Crippen LogP contribution is 2.26. The molecule has 34 heavy (non-hydrogen) atoms. The Morgan fingerprint density at radius 1 is 0.882 bits per heavy atom. The van der Waals surface area contributed by atoms with E-state index in [4.69, 9.17) is 4.84 Å². The van der Waals surface area contributed by atoms with Crippen LogP contribution in [-0.2, 0) is 4.84 Å². The van der Waals surface area contributed by atoms with E-state index >= 15 is 0 Å². The number of anilines is 1. The van der Waals surface area contributed by atoms with Crippen LogP contribution in [-0.4, -0.2) is 31.9 Å². The number of non-ortho nitro benzene ring substituents is 1. The minimum atomic E-state index is -1.15. The standard InChI is InChI=1S/C20H13N5O9/c26-14-6-8-16(18(27)10-14)19(28)22-21-11-1-3-12(4-2-11)23-34-20(29)15-7-5-13(24(30)31)9-17(15)25(32)33/h1-10,23,26-27H. The number of benzene rings is 3. The largest absolute Gasteiger partial charge is 0.508 e. The van der Waals surface area contributed by atoms with E-state index in [-0.39, 0.29) is 22.7 Å². The van der Waals surface area contributed by atoms with Gasteiger partial charge >= 0.3 is 5.97 Å². The molecule has 0 aliphatic carbocycles. The van der Waals surface area contributed by atoms with Gasteiger partial charge < -0.3 is 15.1 Å². The molecule has 0 aliphatic rings. The Labute approximate surface area is 189 Å². The molecular formula is C20H13N5O9. The van der Waals surface area contributed by atoms with Crippen molar-refractivity contribution in [2.75, 3.05) is 5.48 Å². The van der Waals surface area contributed by atoms with Crippen LogP contribution in [0.1, 0.15) is 20.7 Å².